The Labute approximate surface area is 177 Å². The van der Waals surface area contributed by atoms with E-state index in [1.54, 1.807) is 7.11 Å². The van der Waals surface area contributed by atoms with Gasteiger partial charge in [0.15, 0.2) is 0 Å². The van der Waals surface area contributed by atoms with Crippen LogP contribution in [0.25, 0.3) is 22.9 Å². The molecule has 3 heterocycles. The number of fused-ring (bicyclic) bond motifs is 1. The second-order valence-corrected chi connectivity index (χ2v) is 8.24. The third kappa shape index (κ3) is 3.83. The number of nitrogens with one attached hydrogen (secondary N) is 1. The fourth-order valence-corrected chi connectivity index (χ4v) is 4.63. The number of methoxy groups -OCH3 is 1. The van der Waals surface area contributed by atoms with Crippen molar-refractivity contribution in [2.75, 3.05) is 33.4 Å². The number of benzene rings is 1. The highest BCUT2D eigenvalue weighted by Crippen LogP contribution is 2.37. The number of H-pyrrole nitrogens is 1. The van der Waals surface area contributed by atoms with Crippen LogP contribution in [0.4, 0.5) is 0 Å². The molecule has 0 radical (unpaired) electrons. The second kappa shape index (κ2) is 8.54. The van der Waals surface area contributed by atoms with E-state index in [9.17, 15) is 0 Å². The number of piperidine rings is 1. The van der Waals surface area contributed by atoms with Gasteiger partial charge in [0.2, 0.25) is 0 Å². The van der Waals surface area contributed by atoms with Crippen LogP contribution in [0.2, 0.25) is 0 Å². The number of rotatable bonds is 6. The van der Waals surface area contributed by atoms with E-state index in [-0.39, 0.29) is 0 Å². The monoisotopic (exact) mass is 400 g/mol. The van der Waals surface area contributed by atoms with Gasteiger partial charge >= 0.3 is 0 Å². The first-order chi connectivity index (χ1) is 14.8. The Hall–Kier alpha value is -2.76. The molecule has 0 bridgehead atoms. The van der Waals surface area contributed by atoms with E-state index in [4.69, 9.17) is 9.72 Å². The van der Waals surface area contributed by atoms with Crippen LogP contribution < -0.4 is 0 Å². The highest BCUT2D eigenvalue weighted by atomic mass is 16.5. The summed E-state index contributed by atoms with van der Waals surface area (Å²) in [5.41, 5.74) is 7.34. The van der Waals surface area contributed by atoms with E-state index < -0.39 is 0 Å². The van der Waals surface area contributed by atoms with Crippen molar-refractivity contribution in [3.8, 4) is 11.3 Å². The Morgan fingerprint density at radius 3 is 2.67 bits per heavy atom. The zero-order chi connectivity index (χ0) is 20.3. The Balaban J connectivity index is 1.44. The number of aromatic nitrogens is 3. The highest BCUT2D eigenvalue weighted by molar-refractivity contribution is 5.91. The van der Waals surface area contributed by atoms with Crippen molar-refractivity contribution in [1.29, 1.82) is 0 Å². The lowest BCUT2D eigenvalue weighted by Gasteiger charge is -2.30. The second-order valence-electron chi connectivity index (χ2n) is 8.24. The lowest BCUT2D eigenvalue weighted by atomic mass is 9.96. The molecule has 0 saturated carbocycles. The SMILES string of the molecule is COCCN1CCC(c2nc(C3=Cc4ccccc4C3)c(-c3ccncc3)[nH]2)CC1. The summed E-state index contributed by atoms with van der Waals surface area (Å²) < 4.78 is 5.24. The molecule has 1 aliphatic heterocycles. The molecule has 154 valence electrons. The van der Waals surface area contributed by atoms with Crippen molar-refractivity contribution in [1.82, 2.24) is 19.9 Å². The van der Waals surface area contributed by atoms with Gasteiger partial charge in [0, 0.05) is 44.0 Å². The minimum Gasteiger partial charge on any atom is -0.383 e. The van der Waals surface area contributed by atoms with Gasteiger partial charge in [0.25, 0.3) is 0 Å². The molecule has 2 aliphatic rings. The van der Waals surface area contributed by atoms with Gasteiger partial charge in [-0.2, -0.15) is 0 Å². The molecule has 30 heavy (non-hydrogen) atoms. The molecule has 0 spiro atoms. The summed E-state index contributed by atoms with van der Waals surface area (Å²) in [4.78, 5) is 15.6. The lowest BCUT2D eigenvalue weighted by Crippen LogP contribution is -2.35. The van der Waals surface area contributed by atoms with E-state index in [0.29, 0.717) is 5.92 Å². The first-order valence-electron chi connectivity index (χ1n) is 10.8. The standard InChI is InChI=1S/C25H28N4O/c1-30-15-14-29-12-8-19(9-13-29)25-27-23(18-6-10-26-11-7-18)24(28-25)22-16-20-4-2-3-5-21(20)17-22/h2-7,10-11,16,19H,8-9,12-15,17H2,1H3,(H,27,28). The third-order valence-electron chi connectivity index (χ3n) is 6.35. The zero-order valence-electron chi connectivity index (χ0n) is 17.5. The molecule has 1 aromatic carbocycles. The topological polar surface area (TPSA) is 54.0 Å². The maximum absolute atomic E-state index is 5.24. The number of aromatic amines is 1. The van der Waals surface area contributed by atoms with E-state index in [2.05, 4.69) is 57.3 Å². The van der Waals surface area contributed by atoms with E-state index in [1.165, 1.54) is 16.7 Å². The summed E-state index contributed by atoms with van der Waals surface area (Å²) in [5.74, 6) is 1.60. The number of imidazole rings is 1. The fourth-order valence-electron chi connectivity index (χ4n) is 4.63. The first kappa shape index (κ1) is 19.2. The molecule has 0 atom stereocenters. The van der Waals surface area contributed by atoms with Crippen molar-refractivity contribution in [3.05, 3.63) is 71.4 Å². The van der Waals surface area contributed by atoms with Crippen molar-refractivity contribution in [2.24, 2.45) is 0 Å². The van der Waals surface area contributed by atoms with Crippen LogP contribution in [0.5, 0.6) is 0 Å². The number of hydrogen-bond acceptors (Lipinski definition) is 4. The number of hydrogen-bond donors (Lipinski definition) is 1. The summed E-state index contributed by atoms with van der Waals surface area (Å²) in [7, 11) is 1.77. The highest BCUT2D eigenvalue weighted by Gasteiger charge is 2.26. The minimum atomic E-state index is 0.475. The molecule has 1 saturated heterocycles. The molecule has 2 aromatic heterocycles. The molecule has 3 aromatic rings. The Morgan fingerprint density at radius 1 is 1.10 bits per heavy atom. The molecular formula is C25H28N4O. The van der Waals surface area contributed by atoms with Gasteiger partial charge in [-0.15, -0.1) is 0 Å². The minimum absolute atomic E-state index is 0.475. The predicted molar refractivity (Wildman–Crippen MR) is 120 cm³/mol. The van der Waals surface area contributed by atoms with E-state index in [1.807, 2.05) is 12.4 Å². The summed E-state index contributed by atoms with van der Waals surface area (Å²) in [6, 6.07) is 12.8. The molecule has 1 fully saturated rings. The Kier molecular flexibility index (Phi) is 5.47. The largest absolute Gasteiger partial charge is 0.383 e. The fraction of sp³-hybridized carbons (Fsp3) is 0.360. The number of ether oxygens (including phenoxy) is 1. The van der Waals surface area contributed by atoms with Gasteiger partial charge in [-0.25, -0.2) is 4.98 Å². The summed E-state index contributed by atoms with van der Waals surface area (Å²) in [5, 5.41) is 0. The van der Waals surface area contributed by atoms with Gasteiger partial charge in [-0.1, -0.05) is 24.3 Å². The third-order valence-corrected chi connectivity index (χ3v) is 6.35. The number of nitrogens with zero attached hydrogens (tertiary/aromatic N) is 3. The quantitative estimate of drug-likeness (QED) is 0.667. The maximum atomic E-state index is 5.24. The number of allylic oxidation sites excluding steroid dienone is 1. The van der Waals surface area contributed by atoms with E-state index >= 15 is 0 Å². The van der Waals surface area contributed by atoms with Gasteiger partial charge in [0.1, 0.15) is 5.82 Å². The first-order valence-corrected chi connectivity index (χ1v) is 10.8. The average molecular weight is 401 g/mol. The molecule has 5 heteroatoms. The number of likely N-dealkylation sites (tertiary alicyclic amines) is 1. The summed E-state index contributed by atoms with van der Waals surface area (Å²) in [6.07, 6.45) is 9.20. The molecule has 5 nitrogen and oxygen atoms in total. The maximum Gasteiger partial charge on any atom is 0.110 e. The molecule has 1 N–H and O–H groups in total. The van der Waals surface area contributed by atoms with Gasteiger partial charge in [-0.05, 0) is 60.8 Å². The normalized spacial score (nSPS) is 17.2. The van der Waals surface area contributed by atoms with Gasteiger partial charge in [-0.3, -0.25) is 4.98 Å². The molecular weight excluding hydrogens is 372 g/mol. The van der Waals surface area contributed by atoms with E-state index in [0.717, 1.165) is 68.3 Å². The van der Waals surface area contributed by atoms with Crippen LogP contribution in [0.3, 0.4) is 0 Å². The van der Waals surface area contributed by atoms with Crippen LogP contribution in [0, 0.1) is 0 Å². The van der Waals surface area contributed by atoms with Crippen LogP contribution in [0.15, 0.2) is 48.8 Å². The molecule has 5 rings (SSSR count). The summed E-state index contributed by atoms with van der Waals surface area (Å²) >= 11 is 0. The Morgan fingerprint density at radius 2 is 1.90 bits per heavy atom. The van der Waals surface area contributed by atoms with Crippen molar-refractivity contribution in [3.63, 3.8) is 0 Å². The van der Waals surface area contributed by atoms with Crippen molar-refractivity contribution < 1.29 is 4.74 Å². The predicted octanol–water partition coefficient (Wildman–Crippen LogP) is 4.39. The van der Waals surface area contributed by atoms with Crippen LogP contribution in [-0.2, 0) is 11.2 Å². The molecule has 1 aliphatic carbocycles. The van der Waals surface area contributed by atoms with Gasteiger partial charge in [0.05, 0.1) is 18.0 Å². The zero-order valence-corrected chi connectivity index (χ0v) is 17.5. The molecule has 0 amide bonds. The van der Waals surface area contributed by atoms with Crippen LogP contribution >= 0.6 is 0 Å². The Bertz CT molecular complexity index is 1030. The van der Waals surface area contributed by atoms with Gasteiger partial charge < -0.3 is 14.6 Å². The smallest absolute Gasteiger partial charge is 0.110 e. The number of pyridine rings is 1. The molecule has 0 unspecified atom stereocenters. The van der Waals surface area contributed by atoms with Crippen LogP contribution in [-0.4, -0.2) is 53.2 Å². The summed E-state index contributed by atoms with van der Waals surface area (Å²) in [6.45, 7) is 4.02. The van der Waals surface area contributed by atoms with Crippen molar-refractivity contribution >= 4 is 11.6 Å². The van der Waals surface area contributed by atoms with Crippen molar-refractivity contribution in [2.45, 2.75) is 25.2 Å². The average Bonchev–Trinajstić information content (AvgIpc) is 3.43. The lowest BCUT2D eigenvalue weighted by molar-refractivity contribution is 0.129. The van der Waals surface area contributed by atoms with Crippen LogP contribution in [0.1, 0.15) is 41.4 Å².